The smallest absolute Gasteiger partial charge is 0.270 e. The maximum Gasteiger partial charge on any atom is 0.270 e. The monoisotopic (exact) mass is 775 g/mol. The van der Waals surface area contributed by atoms with Crippen molar-refractivity contribution in [2.45, 2.75) is 89.9 Å². The van der Waals surface area contributed by atoms with Crippen LogP contribution in [0.15, 0.2) is 120 Å². The van der Waals surface area contributed by atoms with E-state index in [1.165, 1.54) is 53.5 Å². The predicted octanol–water partition coefficient (Wildman–Crippen LogP) is 10.7. The fourth-order valence-corrected chi connectivity index (χ4v) is 8.94. The summed E-state index contributed by atoms with van der Waals surface area (Å²) in [6.45, 7) is 6.88. The fraction of sp³-hybridized carbons (Fsp3) is 0.347. The zero-order chi connectivity index (χ0) is 40.5. The lowest BCUT2D eigenvalue weighted by Gasteiger charge is -2.43. The van der Waals surface area contributed by atoms with Crippen molar-refractivity contribution < 1.29 is 9.72 Å². The van der Waals surface area contributed by atoms with Crippen LogP contribution in [0.25, 0.3) is 27.8 Å². The van der Waals surface area contributed by atoms with E-state index in [1.807, 2.05) is 30.3 Å². The summed E-state index contributed by atoms with van der Waals surface area (Å²) in [6, 6.07) is 37.4. The highest BCUT2D eigenvalue weighted by molar-refractivity contribution is 6.10. The van der Waals surface area contributed by atoms with E-state index in [0.717, 1.165) is 51.7 Å². The van der Waals surface area contributed by atoms with Gasteiger partial charge >= 0.3 is 0 Å². The molecule has 2 aromatic heterocycles. The average molecular weight is 776 g/mol. The van der Waals surface area contributed by atoms with Crippen molar-refractivity contribution in [3.05, 3.63) is 164 Å². The molecule has 0 bridgehead atoms. The van der Waals surface area contributed by atoms with Gasteiger partial charge in [-0.05, 0) is 88.0 Å². The molecule has 0 radical (unpaired) electrons. The van der Waals surface area contributed by atoms with Gasteiger partial charge in [0, 0.05) is 35.1 Å². The molecule has 9 heteroatoms. The van der Waals surface area contributed by atoms with E-state index < -0.39 is 4.92 Å². The van der Waals surface area contributed by atoms with Gasteiger partial charge in [-0.15, -0.1) is 0 Å². The lowest BCUT2D eigenvalue weighted by Crippen LogP contribution is -2.43. The molecule has 0 atom stereocenters. The first-order valence-corrected chi connectivity index (χ1v) is 20.9. The second-order valence-corrected chi connectivity index (χ2v) is 15.7. The number of aryl methyl sites for hydroxylation is 2. The number of unbranched alkanes of at least 4 members (excludes halogenated alkanes) is 7. The van der Waals surface area contributed by atoms with Crippen LogP contribution in [0.1, 0.15) is 104 Å². The van der Waals surface area contributed by atoms with Crippen LogP contribution in [0.2, 0.25) is 0 Å². The van der Waals surface area contributed by atoms with E-state index in [4.69, 9.17) is 4.98 Å². The van der Waals surface area contributed by atoms with E-state index >= 15 is 0 Å². The van der Waals surface area contributed by atoms with Crippen LogP contribution in [-0.4, -0.2) is 49.8 Å². The molecule has 7 rings (SSSR count). The molecule has 1 aliphatic rings. The van der Waals surface area contributed by atoms with Crippen LogP contribution in [-0.2, 0) is 5.41 Å². The van der Waals surface area contributed by atoms with Gasteiger partial charge in [0.25, 0.3) is 11.2 Å². The number of non-ortho nitro benzene ring substituents is 1. The molecule has 1 aliphatic heterocycles. The van der Waals surface area contributed by atoms with Crippen LogP contribution in [0.4, 0.5) is 5.69 Å². The van der Waals surface area contributed by atoms with Crippen LogP contribution in [0.3, 0.4) is 0 Å². The van der Waals surface area contributed by atoms with Gasteiger partial charge in [0.05, 0.1) is 21.7 Å². The van der Waals surface area contributed by atoms with Gasteiger partial charge in [-0.25, -0.2) is 9.97 Å². The summed E-state index contributed by atoms with van der Waals surface area (Å²) >= 11 is 0. The Morgan fingerprint density at radius 3 is 1.90 bits per heavy atom. The van der Waals surface area contributed by atoms with E-state index in [2.05, 4.69) is 70.5 Å². The quantitative estimate of drug-likeness (QED) is 0.0392. The summed E-state index contributed by atoms with van der Waals surface area (Å²) in [5.41, 5.74) is 4.86. The fourth-order valence-electron chi connectivity index (χ4n) is 8.94. The molecule has 298 valence electrons. The third-order valence-electron chi connectivity index (χ3n) is 12.0. The van der Waals surface area contributed by atoms with Crippen molar-refractivity contribution in [2.75, 3.05) is 19.6 Å². The topological polar surface area (TPSA) is 111 Å². The molecule has 0 saturated carbocycles. The standard InChI is InChI=1S/C49H53N5O4/c1-36-44(45(38-21-20-28-42(35-38)54(57)58)46-47(50-36)51-37(2)53(48(46)56)41-26-16-11-17-27-41)43(55)29-18-7-5-3-4-6-8-19-32-52-33-30-49(31-34-52,39-22-12-9-13-23-39)40-24-14-10-15-25-40/h9-17,20-28,35H,3-8,18-19,29-34H2,1-2H3. The largest absolute Gasteiger partial charge is 0.303 e. The summed E-state index contributed by atoms with van der Waals surface area (Å²) in [7, 11) is 0. The van der Waals surface area contributed by atoms with Gasteiger partial charge < -0.3 is 4.90 Å². The van der Waals surface area contributed by atoms with Gasteiger partial charge in [-0.1, -0.05) is 130 Å². The Bertz CT molecular complexity index is 2360. The molecule has 4 aromatic carbocycles. The van der Waals surface area contributed by atoms with E-state index in [-0.39, 0.29) is 33.5 Å². The zero-order valence-electron chi connectivity index (χ0n) is 33.7. The van der Waals surface area contributed by atoms with E-state index in [1.54, 1.807) is 26.0 Å². The highest BCUT2D eigenvalue weighted by Gasteiger charge is 2.37. The number of nitro groups is 1. The number of pyridine rings is 1. The number of aromatic nitrogens is 3. The van der Waals surface area contributed by atoms with E-state index in [0.29, 0.717) is 46.7 Å². The molecule has 3 heterocycles. The Balaban J connectivity index is 0.925. The minimum atomic E-state index is -0.470. The number of nitrogens with zero attached hydrogens (tertiary/aromatic N) is 5. The minimum Gasteiger partial charge on any atom is -0.303 e. The molecule has 9 nitrogen and oxygen atoms in total. The van der Waals surface area contributed by atoms with Crippen LogP contribution in [0, 0.1) is 24.0 Å². The molecule has 1 fully saturated rings. The predicted molar refractivity (Wildman–Crippen MR) is 232 cm³/mol. The maximum absolute atomic E-state index is 14.3. The summed E-state index contributed by atoms with van der Waals surface area (Å²) < 4.78 is 1.50. The van der Waals surface area contributed by atoms with Crippen LogP contribution in [0.5, 0.6) is 0 Å². The highest BCUT2D eigenvalue weighted by Crippen LogP contribution is 2.42. The Morgan fingerprint density at radius 1 is 0.724 bits per heavy atom. The number of hydrogen-bond acceptors (Lipinski definition) is 7. The van der Waals surface area contributed by atoms with Crippen molar-refractivity contribution in [1.29, 1.82) is 0 Å². The molecule has 58 heavy (non-hydrogen) atoms. The number of piperidine rings is 1. The lowest BCUT2D eigenvalue weighted by molar-refractivity contribution is -0.384. The van der Waals surface area contributed by atoms with Crippen molar-refractivity contribution >= 4 is 22.5 Å². The Hall–Kier alpha value is -5.80. The number of hydrogen-bond donors (Lipinski definition) is 0. The number of carbonyl (C=O) groups excluding carboxylic acids is 1. The summed E-state index contributed by atoms with van der Waals surface area (Å²) in [4.78, 5) is 51.7. The maximum atomic E-state index is 14.3. The second-order valence-electron chi connectivity index (χ2n) is 15.7. The first-order valence-electron chi connectivity index (χ1n) is 20.9. The highest BCUT2D eigenvalue weighted by atomic mass is 16.6. The Kier molecular flexibility index (Phi) is 13.0. The molecule has 1 saturated heterocycles. The third kappa shape index (κ3) is 8.85. The minimum absolute atomic E-state index is 0.0884. The Labute approximate surface area is 341 Å². The number of Topliss-reactive ketones (excluding diaryl/α,β-unsaturated/α-hetero) is 1. The van der Waals surface area contributed by atoms with Crippen LogP contribution < -0.4 is 5.56 Å². The first-order chi connectivity index (χ1) is 28.3. The van der Waals surface area contributed by atoms with Gasteiger partial charge in [-0.3, -0.25) is 24.3 Å². The Morgan fingerprint density at radius 2 is 1.29 bits per heavy atom. The van der Waals surface area contributed by atoms with Crippen LogP contribution >= 0.6 is 0 Å². The number of likely N-dealkylation sites (tertiary alicyclic amines) is 1. The second kappa shape index (κ2) is 18.6. The molecule has 0 N–H and O–H groups in total. The molecule has 0 spiro atoms. The summed E-state index contributed by atoms with van der Waals surface area (Å²) in [5.74, 6) is 0.332. The van der Waals surface area contributed by atoms with E-state index in [9.17, 15) is 19.7 Å². The number of rotatable bonds is 17. The molecular formula is C49H53N5O4. The summed E-state index contributed by atoms with van der Waals surface area (Å²) in [6.07, 6.45) is 11.3. The molecule has 0 aliphatic carbocycles. The lowest BCUT2D eigenvalue weighted by atomic mass is 9.68. The van der Waals surface area contributed by atoms with Gasteiger partial charge in [0.15, 0.2) is 11.4 Å². The number of nitro benzene ring substituents is 1. The number of carbonyl (C=O) groups is 1. The SMILES string of the molecule is Cc1nc2nc(C)n(-c3ccccc3)c(=O)c2c(-c2cccc([N+](=O)[O-])c2)c1C(=O)CCCCCCCCCCN1CCC(c2ccccc2)(c2ccccc2)CC1. The first kappa shape index (κ1) is 40.4. The normalized spacial score (nSPS) is 14.1. The van der Waals surface area contributed by atoms with Gasteiger partial charge in [0.1, 0.15) is 5.82 Å². The van der Waals surface area contributed by atoms with Crippen molar-refractivity contribution in [2.24, 2.45) is 0 Å². The molecule has 0 amide bonds. The third-order valence-corrected chi connectivity index (χ3v) is 12.0. The molecular weight excluding hydrogens is 723 g/mol. The van der Waals surface area contributed by atoms with Gasteiger partial charge in [-0.2, -0.15) is 0 Å². The van der Waals surface area contributed by atoms with Crippen molar-refractivity contribution in [3.63, 3.8) is 0 Å². The average Bonchev–Trinajstić information content (AvgIpc) is 3.25. The van der Waals surface area contributed by atoms with Gasteiger partial charge in [0.2, 0.25) is 0 Å². The molecule has 6 aromatic rings. The molecule has 0 unspecified atom stereocenters. The number of benzene rings is 4. The summed E-state index contributed by atoms with van der Waals surface area (Å²) in [5, 5.41) is 12.0. The number of ketones is 1. The number of fused-ring (bicyclic) bond motifs is 1. The van der Waals surface area contributed by atoms with Crippen molar-refractivity contribution in [1.82, 2.24) is 19.4 Å². The zero-order valence-corrected chi connectivity index (χ0v) is 33.7. The van der Waals surface area contributed by atoms with Crippen molar-refractivity contribution in [3.8, 4) is 16.8 Å². The number of para-hydroxylation sites is 1.